The second kappa shape index (κ2) is 6.32. The van der Waals surface area contributed by atoms with Crippen LogP contribution in [0.1, 0.15) is 44.0 Å². The van der Waals surface area contributed by atoms with Gasteiger partial charge in [-0.05, 0) is 39.5 Å². The molecule has 0 spiro atoms. The Kier molecular flexibility index (Phi) is 4.88. The molecule has 1 aliphatic rings. The summed E-state index contributed by atoms with van der Waals surface area (Å²) < 4.78 is 29.2. The molecule has 5 nitrogen and oxygen atoms in total. The molecule has 0 radical (unpaired) electrons. The molecule has 0 saturated heterocycles. The van der Waals surface area contributed by atoms with Gasteiger partial charge in [0.25, 0.3) is 0 Å². The molecule has 0 atom stereocenters. The van der Waals surface area contributed by atoms with Gasteiger partial charge in [-0.2, -0.15) is 9.40 Å². The third-order valence-electron chi connectivity index (χ3n) is 3.93. The van der Waals surface area contributed by atoms with Gasteiger partial charge in [-0.3, -0.25) is 4.68 Å². The molecule has 21 heavy (non-hydrogen) atoms. The molecule has 118 valence electrons. The number of hydrogen-bond donors (Lipinski definition) is 0. The fraction of sp³-hybridized carbons (Fsp3) is 0.667. The lowest BCUT2D eigenvalue weighted by molar-refractivity contribution is 0.420. The summed E-state index contributed by atoms with van der Waals surface area (Å²) in [7, 11) is -3.43. The first-order valence-electron chi connectivity index (χ1n) is 7.60. The largest absolute Gasteiger partial charge is 0.268 e. The Bertz CT molecular complexity index is 615. The second-order valence-corrected chi connectivity index (χ2v) is 7.42. The molecule has 0 aliphatic heterocycles. The molecule has 0 amide bonds. The van der Waals surface area contributed by atoms with E-state index in [1.165, 1.54) is 0 Å². The van der Waals surface area contributed by atoms with Gasteiger partial charge in [-0.15, -0.1) is 6.58 Å². The van der Waals surface area contributed by atoms with Gasteiger partial charge in [0.1, 0.15) is 4.90 Å². The minimum absolute atomic E-state index is 0.183. The fourth-order valence-corrected chi connectivity index (χ4v) is 4.83. The summed E-state index contributed by atoms with van der Waals surface area (Å²) in [6.45, 7) is 10.5. The number of sulfonamides is 1. The molecule has 1 aromatic rings. The van der Waals surface area contributed by atoms with Crippen LogP contribution in [-0.4, -0.2) is 35.1 Å². The van der Waals surface area contributed by atoms with E-state index in [0.717, 1.165) is 37.9 Å². The maximum Gasteiger partial charge on any atom is 0.246 e. The van der Waals surface area contributed by atoms with E-state index < -0.39 is 10.0 Å². The molecule has 1 heterocycles. The first kappa shape index (κ1) is 16.2. The topological polar surface area (TPSA) is 55.2 Å². The minimum Gasteiger partial charge on any atom is -0.268 e. The zero-order valence-electron chi connectivity index (χ0n) is 13.2. The summed E-state index contributed by atoms with van der Waals surface area (Å²) in [6.07, 6.45) is 5.64. The number of allylic oxidation sites excluding steroid dienone is 1. The van der Waals surface area contributed by atoms with E-state index in [2.05, 4.69) is 11.7 Å². The smallest absolute Gasteiger partial charge is 0.246 e. The lowest BCUT2D eigenvalue weighted by atomic mass is 10.3. The molecule has 1 fully saturated rings. The van der Waals surface area contributed by atoms with Crippen LogP contribution in [0.3, 0.4) is 0 Å². The summed E-state index contributed by atoms with van der Waals surface area (Å²) in [5.74, 6) is 0. The van der Waals surface area contributed by atoms with Gasteiger partial charge in [-0.25, -0.2) is 8.42 Å². The van der Waals surface area contributed by atoms with E-state index in [0.29, 0.717) is 17.1 Å². The molecular weight excluding hydrogens is 286 g/mol. The van der Waals surface area contributed by atoms with Crippen molar-refractivity contribution in [1.82, 2.24) is 14.1 Å². The van der Waals surface area contributed by atoms with E-state index >= 15 is 0 Å². The Balaban J connectivity index is 2.32. The quantitative estimate of drug-likeness (QED) is 0.548. The van der Waals surface area contributed by atoms with E-state index in [9.17, 15) is 8.42 Å². The van der Waals surface area contributed by atoms with E-state index in [4.69, 9.17) is 0 Å². The lowest BCUT2D eigenvalue weighted by Gasteiger charge is -2.20. The number of aryl methyl sites for hydroxylation is 2. The van der Waals surface area contributed by atoms with Gasteiger partial charge in [0, 0.05) is 19.1 Å². The van der Waals surface area contributed by atoms with E-state index in [1.54, 1.807) is 11.2 Å². The van der Waals surface area contributed by atoms with Gasteiger partial charge in [-0.1, -0.05) is 13.0 Å². The summed E-state index contributed by atoms with van der Waals surface area (Å²) in [5.41, 5.74) is 1.35. The van der Waals surface area contributed by atoms with Crippen LogP contribution in [-0.2, 0) is 16.6 Å². The van der Waals surface area contributed by atoms with Crippen molar-refractivity contribution in [2.45, 2.75) is 63.9 Å². The summed E-state index contributed by atoms with van der Waals surface area (Å²) in [4.78, 5) is 0.398. The Morgan fingerprint density at radius 3 is 2.62 bits per heavy atom. The van der Waals surface area contributed by atoms with Gasteiger partial charge in [0.15, 0.2) is 0 Å². The van der Waals surface area contributed by atoms with E-state index in [-0.39, 0.29) is 6.04 Å². The SMILES string of the molecule is C=CCCCn1nc(C)c(S(=O)(=O)N(CC)C2CC2)c1C. The minimum atomic E-state index is -3.43. The monoisotopic (exact) mass is 311 g/mol. The average Bonchev–Trinajstić information content (AvgIpc) is 3.17. The normalized spacial score (nSPS) is 15.6. The van der Waals surface area contributed by atoms with Gasteiger partial charge in [0.05, 0.1) is 11.4 Å². The Hall–Kier alpha value is -1.14. The van der Waals surface area contributed by atoms with Crippen LogP contribution in [0.15, 0.2) is 17.6 Å². The van der Waals surface area contributed by atoms with Crippen LogP contribution in [0.4, 0.5) is 0 Å². The second-order valence-electron chi connectivity index (χ2n) is 5.59. The first-order chi connectivity index (χ1) is 9.93. The van der Waals surface area contributed by atoms with Crippen LogP contribution in [0, 0.1) is 13.8 Å². The Morgan fingerprint density at radius 2 is 2.10 bits per heavy atom. The van der Waals surface area contributed by atoms with Crippen molar-refractivity contribution in [3.8, 4) is 0 Å². The summed E-state index contributed by atoms with van der Waals surface area (Å²) in [5, 5.41) is 4.42. The molecule has 0 N–H and O–H groups in total. The number of rotatable bonds is 8. The number of hydrogen-bond acceptors (Lipinski definition) is 3. The first-order valence-corrected chi connectivity index (χ1v) is 9.04. The third kappa shape index (κ3) is 3.21. The summed E-state index contributed by atoms with van der Waals surface area (Å²) in [6, 6.07) is 0.183. The van der Waals surface area contributed by atoms with Crippen LogP contribution in [0.2, 0.25) is 0 Å². The van der Waals surface area contributed by atoms with Crippen molar-refractivity contribution >= 4 is 10.0 Å². The number of aromatic nitrogens is 2. The highest BCUT2D eigenvalue weighted by Crippen LogP contribution is 2.33. The van der Waals surface area contributed by atoms with Gasteiger partial charge >= 0.3 is 0 Å². The molecule has 1 saturated carbocycles. The Labute approximate surface area is 127 Å². The molecule has 6 heteroatoms. The maximum atomic E-state index is 12.9. The molecule has 2 rings (SSSR count). The highest BCUT2D eigenvalue weighted by atomic mass is 32.2. The molecule has 0 unspecified atom stereocenters. The van der Waals surface area contributed by atoms with Crippen molar-refractivity contribution in [3.63, 3.8) is 0 Å². The van der Waals surface area contributed by atoms with Crippen molar-refractivity contribution in [2.75, 3.05) is 6.54 Å². The van der Waals surface area contributed by atoms with Crippen LogP contribution >= 0.6 is 0 Å². The average molecular weight is 311 g/mol. The highest BCUT2D eigenvalue weighted by Gasteiger charge is 2.39. The van der Waals surface area contributed by atoms with E-state index in [1.807, 2.05) is 24.6 Å². The highest BCUT2D eigenvalue weighted by molar-refractivity contribution is 7.89. The zero-order valence-corrected chi connectivity index (χ0v) is 14.0. The summed E-state index contributed by atoms with van der Waals surface area (Å²) >= 11 is 0. The predicted octanol–water partition coefficient (Wildman–Crippen LogP) is 2.64. The molecular formula is C15H25N3O2S. The number of nitrogens with zero attached hydrogens (tertiary/aromatic N) is 3. The maximum absolute atomic E-state index is 12.9. The fourth-order valence-electron chi connectivity index (χ4n) is 2.76. The van der Waals surface area contributed by atoms with Crippen LogP contribution in [0.5, 0.6) is 0 Å². The molecule has 0 aromatic carbocycles. The van der Waals surface area contributed by atoms with Crippen molar-refractivity contribution in [2.24, 2.45) is 0 Å². The van der Waals surface area contributed by atoms with Gasteiger partial charge < -0.3 is 0 Å². The van der Waals surface area contributed by atoms with Gasteiger partial charge in [0.2, 0.25) is 10.0 Å². The van der Waals surface area contributed by atoms with Crippen LogP contribution < -0.4 is 0 Å². The van der Waals surface area contributed by atoms with Crippen molar-refractivity contribution in [1.29, 1.82) is 0 Å². The molecule has 1 aromatic heterocycles. The van der Waals surface area contributed by atoms with Crippen molar-refractivity contribution < 1.29 is 8.42 Å². The molecule has 0 bridgehead atoms. The predicted molar refractivity (Wildman–Crippen MR) is 83.7 cm³/mol. The van der Waals surface area contributed by atoms with Crippen LogP contribution in [0.25, 0.3) is 0 Å². The van der Waals surface area contributed by atoms with Crippen molar-refractivity contribution in [3.05, 3.63) is 24.0 Å². The number of unbranched alkanes of at least 4 members (excludes halogenated alkanes) is 1. The standard InChI is InChI=1S/C15H25N3O2S/c1-5-7-8-11-17-13(4)15(12(3)16-17)21(19,20)18(6-2)14-9-10-14/h5,14H,1,6-11H2,2-4H3. The Morgan fingerprint density at radius 1 is 1.43 bits per heavy atom. The lowest BCUT2D eigenvalue weighted by Crippen LogP contribution is -2.33. The molecule has 1 aliphatic carbocycles. The zero-order chi connectivity index (χ0) is 15.6. The third-order valence-corrected chi connectivity index (χ3v) is 6.21.